The van der Waals surface area contributed by atoms with E-state index in [1.165, 1.54) is 0 Å². The number of para-hydroxylation sites is 1. The number of hydrogen-bond donors (Lipinski definition) is 0. The van der Waals surface area contributed by atoms with Crippen LogP contribution < -0.4 is 9.47 Å². The molecule has 0 amide bonds. The molecule has 3 aromatic rings. The topological polar surface area (TPSA) is 48.4 Å². The Hall–Kier alpha value is -3.40. The zero-order valence-electron chi connectivity index (χ0n) is 14.3. The quantitative estimate of drug-likeness (QED) is 0.639. The molecule has 1 aliphatic rings. The molecular weight excluding hydrogens is 326 g/mol. The molecule has 0 bridgehead atoms. The average Bonchev–Trinajstić information content (AvgIpc) is 2.67. The lowest BCUT2D eigenvalue weighted by Crippen LogP contribution is -2.18. The largest absolute Gasteiger partial charge is 0.488 e. The van der Waals surface area contributed by atoms with Crippen molar-refractivity contribution >= 4 is 11.9 Å². The van der Waals surface area contributed by atoms with Gasteiger partial charge in [-0.2, -0.15) is 0 Å². The molecule has 2 aromatic carbocycles. The molecule has 0 atom stereocenters. The summed E-state index contributed by atoms with van der Waals surface area (Å²) in [6.07, 6.45) is 5.25. The zero-order valence-corrected chi connectivity index (χ0v) is 14.3. The number of ether oxygens (including phenoxy) is 2. The normalized spacial score (nSPS) is 14.7. The number of rotatable bonds is 3. The number of ketones is 1. The van der Waals surface area contributed by atoms with Crippen molar-refractivity contribution < 1.29 is 14.3 Å². The first kappa shape index (κ1) is 16.1. The van der Waals surface area contributed by atoms with E-state index in [9.17, 15) is 4.79 Å². The van der Waals surface area contributed by atoms with Gasteiger partial charge in [-0.05, 0) is 60.5 Å². The first-order chi connectivity index (χ1) is 12.7. The van der Waals surface area contributed by atoms with Crippen molar-refractivity contribution in [3.8, 4) is 17.2 Å². The summed E-state index contributed by atoms with van der Waals surface area (Å²) in [5, 5.41) is 0. The summed E-state index contributed by atoms with van der Waals surface area (Å²) in [6, 6.07) is 16.8. The third-order valence-electron chi connectivity index (χ3n) is 4.21. The Kier molecular flexibility index (Phi) is 4.23. The predicted molar refractivity (Wildman–Crippen MR) is 99.7 cm³/mol. The van der Waals surface area contributed by atoms with Gasteiger partial charge in [-0.1, -0.05) is 18.2 Å². The van der Waals surface area contributed by atoms with Crippen LogP contribution in [0.2, 0.25) is 0 Å². The maximum Gasteiger partial charge on any atom is 0.196 e. The van der Waals surface area contributed by atoms with E-state index in [1.54, 1.807) is 18.5 Å². The van der Waals surface area contributed by atoms with E-state index in [0.717, 1.165) is 16.9 Å². The van der Waals surface area contributed by atoms with Gasteiger partial charge in [0.1, 0.15) is 23.9 Å². The molecule has 0 radical (unpaired) electrons. The Morgan fingerprint density at radius 2 is 2.00 bits per heavy atom. The first-order valence-electron chi connectivity index (χ1n) is 8.36. The second kappa shape index (κ2) is 6.84. The van der Waals surface area contributed by atoms with E-state index in [1.807, 2.05) is 61.5 Å². The summed E-state index contributed by atoms with van der Waals surface area (Å²) >= 11 is 0. The van der Waals surface area contributed by atoms with Crippen LogP contribution in [0.4, 0.5) is 0 Å². The van der Waals surface area contributed by atoms with Gasteiger partial charge >= 0.3 is 0 Å². The standard InChI is InChI=1S/C22H17NO3/c1-15-11-16(8-9-20(15)26-18-5-4-10-23-13-18)12-17-14-25-21-7-3-2-6-19(21)22(17)24/h2-13H,14H2,1H3/b17-12-. The van der Waals surface area contributed by atoms with Crippen LogP contribution >= 0.6 is 0 Å². The van der Waals surface area contributed by atoms with Crippen LogP contribution in [-0.2, 0) is 0 Å². The summed E-state index contributed by atoms with van der Waals surface area (Å²) in [7, 11) is 0. The van der Waals surface area contributed by atoms with E-state index in [0.29, 0.717) is 22.6 Å². The summed E-state index contributed by atoms with van der Waals surface area (Å²) < 4.78 is 11.5. The molecule has 0 unspecified atom stereocenters. The van der Waals surface area contributed by atoms with Crippen LogP contribution in [0.5, 0.6) is 17.2 Å². The van der Waals surface area contributed by atoms with Gasteiger partial charge in [0.2, 0.25) is 0 Å². The summed E-state index contributed by atoms with van der Waals surface area (Å²) in [4.78, 5) is 16.7. The number of carbonyl (C=O) groups is 1. The van der Waals surface area contributed by atoms with Crippen molar-refractivity contribution in [2.75, 3.05) is 6.61 Å². The highest BCUT2D eigenvalue weighted by atomic mass is 16.5. The smallest absolute Gasteiger partial charge is 0.196 e. The number of pyridine rings is 1. The van der Waals surface area contributed by atoms with E-state index in [2.05, 4.69) is 4.98 Å². The molecule has 0 fully saturated rings. The van der Waals surface area contributed by atoms with Gasteiger partial charge in [0.25, 0.3) is 0 Å². The number of aryl methyl sites for hydroxylation is 1. The monoisotopic (exact) mass is 343 g/mol. The van der Waals surface area contributed by atoms with Gasteiger partial charge in [-0.15, -0.1) is 0 Å². The minimum atomic E-state index is 0.0141. The Bertz CT molecular complexity index is 993. The van der Waals surface area contributed by atoms with Crippen LogP contribution in [0.25, 0.3) is 6.08 Å². The SMILES string of the molecule is Cc1cc(/C=C2/COc3ccccc3C2=O)ccc1Oc1cccnc1. The van der Waals surface area contributed by atoms with E-state index < -0.39 is 0 Å². The number of fused-ring (bicyclic) bond motifs is 1. The molecule has 0 saturated carbocycles. The summed E-state index contributed by atoms with van der Waals surface area (Å²) in [6.45, 7) is 2.25. The minimum Gasteiger partial charge on any atom is -0.488 e. The Labute approximate surface area is 151 Å². The highest BCUT2D eigenvalue weighted by Gasteiger charge is 2.22. The van der Waals surface area contributed by atoms with Gasteiger partial charge in [0, 0.05) is 11.8 Å². The summed E-state index contributed by atoms with van der Waals surface area (Å²) in [5.41, 5.74) is 3.17. The van der Waals surface area contributed by atoms with E-state index in [-0.39, 0.29) is 12.4 Å². The van der Waals surface area contributed by atoms with E-state index >= 15 is 0 Å². The van der Waals surface area contributed by atoms with Gasteiger partial charge in [0.05, 0.1) is 11.8 Å². The van der Waals surface area contributed by atoms with Crippen molar-refractivity contribution in [2.24, 2.45) is 0 Å². The Balaban J connectivity index is 1.58. The minimum absolute atomic E-state index is 0.0141. The molecular formula is C22H17NO3. The average molecular weight is 343 g/mol. The molecule has 26 heavy (non-hydrogen) atoms. The lowest BCUT2D eigenvalue weighted by molar-refractivity contribution is 0.100. The Morgan fingerprint density at radius 3 is 2.81 bits per heavy atom. The van der Waals surface area contributed by atoms with Crippen molar-refractivity contribution in [3.63, 3.8) is 0 Å². The van der Waals surface area contributed by atoms with Gasteiger partial charge in [-0.3, -0.25) is 9.78 Å². The maximum absolute atomic E-state index is 12.6. The van der Waals surface area contributed by atoms with E-state index in [4.69, 9.17) is 9.47 Å². The Morgan fingerprint density at radius 1 is 1.12 bits per heavy atom. The van der Waals surface area contributed by atoms with Crippen LogP contribution in [0, 0.1) is 6.92 Å². The molecule has 4 rings (SSSR count). The van der Waals surface area contributed by atoms with Gasteiger partial charge < -0.3 is 9.47 Å². The molecule has 4 heteroatoms. The second-order valence-corrected chi connectivity index (χ2v) is 6.10. The van der Waals surface area contributed by atoms with Crippen LogP contribution in [0.3, 0.4) is 0 Å². The van der Waals surface area contributed by atoms with Crippen molar-refractivity contribution in [2.45, 2.75) is 6.92 Å². The number of carbonyl (C=O) groups excluding carboxylic acids is 1. The third kappa shape index (κ3) is 3.22. The predicted octanol–water partition coefficient (Wildman–Crippen LogP) is 4.84. The van der Waals surface area contributed by atoms with Crippen LogP contribution in [-0.4, -0.2) is 17.4 Å². The lowest BCUT2D eigenvalue weighted by Gasteiger charge is -2.18. The van der Waals surface area contributed by atoms with Crippen LogP contribution in [0.15, 0.2) is 72.6 Å². The lowest BCUT2D eigenvalue weighted by atomic mass is 9.98. The van der Waals surface area contributed by atoms with Gasteiger partial charge in [0.15, 0.2) is 5.78 Å². The number of aromatic nitrogens is 1. The highest BCUT2D eigenvalue weighted by molar-refractivity contribution is 6.14. The molecule has 0 saturated heterocycles. The molecule has 1 aromatic heterocycles. The molecule has 128 valence electrons. The van der Waals surface area contributed by atoms with Crippen molar-refractivity contribution in [1.82, 2.24) is 4.98 Å². The molecule has 0 spiro atoms. The maximum atomic E-state index is 12.6. The molecule has 4 nitrogen and oxygen atoms in total. The molecule has 1 aliphatic heterocycles. The number of hydrogen-bond acceptors (Lipinski definition) is 4. The van der Waals surface area contributed by atoms with Gasteiger partial charge in [-0.25, -0.2) is 0 Å². The highest BCUT2D eigenvalue weighted by Crippen LogP contribution is 2.29. The van der Waals surface area contributed by atoms with Crippen LogP contribution in [0.1, 0.15) is 21.5 Å². The third-order valence-corrected chi connectivity index (χ3v) is 4.21. The van der Waals surface area contributed by atoms with Crippen molar-refractivity contribution in [3.05, 3.63) is 89.3 Å². The number of nitrogens with zero attached hydrogens (tertiary/aromatic N) is 1. The first-order valence-corrected chi connectivity index (χ1v) is 8.36. The molecule has 2 heterocycles. The molecule has 0 aliphatic carbocycles. The second-order valence-electron chi connectivity index (χ2n) is 6.10. The number of benzene rings is 2. The summed E-state index contributed by atoms with van der Waals surface area (Å²) in [5.74, 6) is 2.11. The zero-order chi connectivity index (χ0) is 17.9. The number of Topliss-reactive ketones (excluding diaryl/α,β-unsaturated/α-hetero) is 1. The fourth-order valence-corrected chi connectivity index (χ4v) is 2.89. The fourth-order valence-electron chi connectivity index (χ4n) is 2.89. The molecule has 0 N–H and O–H groups in total. The fraction of sp³-hybridized carbons (Fsp3) is 0.0909. The van der Waals surface area contributed by atoms with Crippen molar-refractivity contribution in [1.29, 1.82) is 0 Å².